The molecule has 0 radical (unpaired) electrons. The van der Waals surface area contributed by atoms with Crippen LogP contribution >= 0.6 is 0 Å². The van der Waals surface area contributed by atoms with E-state index in [1.165, 1.54) is 19.1 Å². The molecule has 30 heavy (non-hydrogen) atoms. The van der Waals surface area contributed by atoms with Gasteiger partial charge < -0.3 is 10.1 Å². The van der Waals surface area contributed by atoms with Gasteiger partial charge >= 0.3 is 0 Å². The van der Waals surface area contributed by atoms with E-state index in [2.05, 4.69) is 14.8 Å². The number of piperidine rings is 1. The minimum atomic E-state index is -3.62. The molecular formula is C18H21N3O8S. The largest absolute Gasteiger partial charge is 0.383 e. The molecule has 1 aromatic carbocycles. The Hall–Kier alpha value is -2.83. The maximum absolute atomic E-state index is 12.8. The molecule has 0 aliphatic carbocycles. The molecule has 3 rings (SSSR count). The minimum absolute atomic E-state index is 0.0537. The van der Waals surface area contributed by atoms with E-state index in [0.29, 0.717) is 5.69 Å². The van der Waals surface area contributed by atoms with E-state index in [-0.39, 0.29) is 37.1 Å². The van der Waals surface area contributed by atoms with Crippen LogP contribution in [0.1, 0.15) is 40.5 Å². The normalized spacial score (nSPS) is 20.2. The van der Waals surface area contributed by atoms with Crippen molar-refractivity contribution in [1.29, 1.82) is 0 Å². The van der Waals surface area contributed by atoms with Crippen LogP contribution in [-0.2, 0) is 28.6 Å². The van der Waals surface area contributed by atoms with Gasteiger partial charge in [-0.05, 0) is 31.5 Å². The number of nitrogens with zero attached hydrogens (tertiary/aromatic N) is 1. The molecule has 2 aliphatic heterocycles. The van der Waals surface area contributed by atoms with Gasteiger partial charge in [-0.3, -0.25) is 29.4 Å². The van der Waals surface area contributed by atoms with Crippen molar-refractivity contribution < 1.29 is 36.5 Å². The number of hydrogen-bond acceptors (Lipinski definition) is 9. The third kappa shape index (κ3) is 4.83. The summed E-state index contributed by atoms with van der Waals surface area (Å²) in [5, 5.41) is 5.15. The van der Waals surface area contributed by atoms with Gasteiger partial charge in [0.15, 0.2) is 6.29 Å². The summed E-state index contributed by atoms with van der Waals surface area (Å²) in [6, 6.07) is 3.57. The molecule has 2 atom stereocenters. The van der Waals surface area contributed by atoms with Crippen LogP contribution in [0.5, 0.6) is 0 Å². The topological polar surface area (TPSA) is 148 Å². The van der Waals surface area contributed by atoms with Crippen LogP contribution in [0, 0.1) is 0 Å². The summed E-state index contributed by atoms with van der Waals surface area (Å²) in [5.74, 6) is -2.27. The Labute approximate surface area is 172 Å². The Morgan fingerprint density at radius 3 is 2.57 bits per heavy atom. The first-order valence-electron chi connectivity index (χ1n) is 9.16. The molecule has 0 spiro atoms. The Morgan fingerprint density at radius 2 is 1.90 bits per heavy atom. The highest BCUT2D eigenvalue weighted by atomic mass is 32.2. The van der Waals surface area contributed by atoms with Crippen molar-refractivity contribution in [2.24, 2.45) is 0 Å². The van der Waals surface area contributed by atoms with Gasteiger partial charge in [0.25, 0.3) is 21.9 Å². The lowest BCUT2D eigenvalue weighted by Gasteiger charge is -2.27. The number of carbonyl (C=O) groups is 4. The summed E-state index contributed by atoms with van der Waals surface area (Å²) in [5.41, 5.74) is 0.881. The zero-order valence-corrected chi connectivity index (χ0v) is 17.2. The van der Waals surface area contributed by atoms with Gasteiger partial charge in [0.05, 0.1) is 24.0 Å². The molecule has 4 amide bonds. The Morgan fingerprint density at radius 1 is 1.20 bits per heavy atom. The van der Waals surface area contributed by atoms with Crippen molar-refractivity contribution in [2.75, 3.05) is 24.7 Å². The van der Waals surface area contributed by atoms with Gasteiger partial charge in [-0.15, -0.1) is 0 Å². The first-order chi connectivity index (χ1) is 14.1. The van der Waals surface area contributed by atoms with Crippen LogP contribution in [0.3, 0.4) is 0 Å². The summed E-state index contributed by atoms with van der Waals surface area (Å²) in [6.45, 7) is 1.86. The SMILES string of the molecule is CC(OCCNc1ccc2c(c1)C(=O)N(C1CCC(=O)NC1=O)C2=O)OS(C)(=O)=O. The number of hydrogen-bond donors (Lipinski definition) is 2. The van der Waals surface area contributed by atoms with Crippen LogP contribution in [0.25, 0.3) is 0 Å². The predicted octanol–water partition coefficient (Wildman–Crippen LogP) is -0.161. The highest BCUT2D eigenvalue weighted by Gasteiger charge is 2.44. The average Bonchev–Trinajstić information content (AvgIpc) is 2.88. The fourth-order valence-corrected chi connectivity index (χ4v) is 3.82. The summed E-state index contributed by atoms with van der Waals surface area (Å²) < 4.78 is 31.9. The number of benzene rings is 1. The van der Waals surface area contributed by atoms with E-state index in [1.807, 2.05) is 0 Å². The molecule has 12 heteroatoms. The van der Waals surface area contributed by atoms with Crippen molar-refractivity contribution in [1.82, 2.24) is 10.2 Å². The second kappa shape index (κ2) is 8.50. The molecule has 1 saturated heterocycles. The standard InChI is InChI=1S/C18H21N3O8S/c1-10(29-30(2,26)27)28-8-7-19-11-3-4-12-13(9-11)18(25)21(17(12)24)14-5-6-15(22)20-16(14)23/h3-4,9-10,14,19H,5-8H2,1-2H3,(H,20,22,23). The summed E-state index contributed by atoms with van der Waals surface area (Å²) >= 11 is 0. The van der Waals surface area contributed by atoms with Crippen LogP contribution in [0.15, 0.2) is 18.2 Å². The number of ether oxygens (including phenoxy) is 1. The zero-order chi connectivity index (χ0) is 22.1. The molecule has 162 valence electrons. The Bertz CT molecular complexity index is 1010. The van der Waals surface area contributed by atoms with Crippen LogP contribution in [0.4, 0.5) is 5.69 Å². The summed E-state index contributed by atoms with van der Waals surface area (Å²) in [7, 11) is -3.62. The lowest BCUT2D eigenvalue weighted by atomic mass is 10.0. The van der Waals surface area contributed by atoms with Gasteiger partial charge in [-0.25, -0.2) is 4.18 Å². The van der Waals surface area contributed by atoms with Gasteiger partial charge in [-0.1, -0.05) is 0 Å². The number of fused-ring (bicyclic) bond motifs is 1. The van der Waals surface area contributed by atoms with Gasteiger partial charge in [0.1, 0.15) is 6.04 Å². The van der Waals surface area contributed by atoms with Gasteiger partial charge in [0, 0.05) is 18.7 Å². The fourth-order valence-electron chi connectivity index (χ4n) is 3.28. The molecule has 2 aliphatic rings. The van der Waals surface area contributed by atoms with Crippen LogP contribution in [-0.4, -0.2) is 68.7 Å². The van der Waals surface area contributed by atoms with Crippen molar-refractivity contribution in [3.05, 3.63) is 29.3 Å². The van der Waals surface area contributed by atoms with Crippen LogP contribution in [0.2, 0.25) is 0 Å². The van der Waals surface area contributed by atoms with E-state index in [4.69, 9.17) is 4.74 Å². The Kier molecular flexibility index (Phi) is 6.19. The second-order valence-corrected chi connectivity index (χ2v) is 8.47. The molecular weight excluding hydrogens is 418 g/mol. The minimum Gasteiger partial charge on any atom is -0.383 e. The number of imide groups is 2. The van der Waals surface area contributed by atoms with Gasteiger partial charge in [0.2, 0.25) is 11.8 Å². The van der Waals surface area contributed by atoms with Crippen molar-refractivity contribution in [3.63, 3.8) is 0 Å². The van der Waals surface area contributed by atoms with Crippen molar-refractivity contribution >= 4 is 39.4 Å². The molecule has 11 nitrogen and oxygen atoms in total. The molecule has 2 unspecified atom stereocenters. The van der Waals surface area contributed by atoms with Crippen molar-refractivity contribution in [3.8, 4) is 0 Å². The van der Waals surface area contributed by atoms with E-state index in [0.717, 1.165) is 11.2 Å². The highest BCUT2D eigenvalue weighted by Crippen LogP contribution is 2.29. The first-order valence-corrected chi connectivity index (χ1v) is 11.0. The third-order valence-electron chi connectivity index (χ3n) is 4.53. The van der Waals surface area contributed by atoms with Crippen LogP contribution < -0.4 is 10.6 Å². The second-order valence-electron chi connectivity index (χ2n) is 6.87. The van der Waals surface area contributed by atoms with Crippen molar-refractivity contribution in [2.45, 2.75) is 32.1 Å². The molecule has 2 heterocycles. The lowest BCUT2D eigenvalue weighted by Crippen LogP contribution is -2.54. The number of rotatable bonds is 8. The quantitative estimate of drug-likeness (QED) is 0.244. The Balaban J connectivity index is 1.61. The molecule has 1 fully saturated rings. The van der Waals surface area contributed by atoms with E-state index >= 15 is 0 Å². The predicted molar refractivity (Wildman–Crippen MR) is 103 cm³/mol. The molecule has 1 aromatic rings. The van der Waals surface area contributed by atoms with E-state index in [9.17, 15) is 27.6 Å². The molecule has 0 bridgehead atoms. The lowest BCUT2D eigenvalue weighted by molar-refractivity contribution is -0.136. The number of nitrogens with one attached hydrogen (secondary N) is 2. The summed E-state index contributed by atoms with van der Waals surface area (Å²) in [6.07, 6.45) is 0.124. The zero-order valence-electron chi connectivity index (χ0n) is 16.3. The summed E-state index contributed by atoms with van der Waals surface area (Å²) in [4.78, 5) is 49.7. The monoisotopic (exact) mass is 439 g/mol. The van der Waals surface area contributed by atoms with E-state index in [1.54, 1.807) is 6.07 Å². The highest BCUT2D eigenvalue weighted by molar-refractivity contribution is 7.86. The molecule has 0 saturated carbocycles. The maximum atomic E-state index is 12.8. The number of amides is 4. The van der Waals surface area contributed by atoms with E-state index < -0.39 is 46.1 Å². The fraction of sp³-hybridized carbons (Fsp3) is 0.444. The molecule has 2 N–H and O–H groups in total. The first kappa shape index (κ1) is 21.9. The number of anilines is 1. The molecule has 0 aromatic heterocycles. The third-order valence-corrected chi connectivity index (χ3v) is 5.15. The van der Waals surface area contributed by atoms with Gasteiger partial charge in [-0.2, -0.15) is 8.42 Å². The average molecular weight is 439 g/mol. The maximum Gasteiger partial charge on any atom is 0.266 e. The number of carbonyl (C=O) groups excluding carboxylic acids is 4. The smallest absolute Gasteiger partial charge is 0.266 e.